The summed E-state index contributed by atoms with van der Waals surface area (Å²) in [6.45, 7) is 4.55. The van der Waals surface area contributed by atoms with Crippen LogP contribution in [0.2, 0.25) is 0 Å². The van der Waals surface area contributed by atoms with E-state index < -0.39 is 0 Å². The highest BCUT2D eigenvalue weighted by Gasteiger charge is 2.19. The van der Waals surface area contributed by atoms with Gasteiger partial charge in [0.15, 0.2) is 0 Å². The SMILES string of the molecule is O=C(CC[NH+]1CCCCC1)N(Cc1ccc(-c2ccccc2)cc1)Cc1ccoc1. The number of carbonyl (C=O) groups excluding carboxylic acids is 1. The number of hydrogen-bond acceptors (Lipinski definition) is 2. The first-order valence-electron chi connectivity index (χ1n) is 11.0. The van der Waals surface area contributed by atoms with Crippen molar-refractivity contribution in [2.24, 2.45) is 0 Å². The molecule has 1 amide bonds. The number of likely N-dealkylation sites (tertiary alicyclic amines) is 1. The van der Waals surface area contributed by atoms with Crippen LogP contribution < -0.4 is 4.90 Å². The van der Waals surface area contributed by atoms with Crippen LogP contribution in [0.1, 0.15) is 36.8 Å². The average molecular weight is 404 g/mol. The predicted molar refractivity (Wildman–Crippen MR) is 119 cm³/mol. The Labute approximate surface area is 179 Å². The number of piperidine rings is 1. The number of carbonyl (C=O) groups is 1. The molecule has 1 aliphatic rings. The molecule has 2 heterocycles. The van der Waals surface area contributed by atoms with E-state index >= 15 is 0 Å². The quantitative estimate of drug-likeness (QED) is 0.619. The normalized spacial score (nSPS) is 14.5. The number of nitrogens with one attached hydrogen (secondary N) is 1. The van der Waals surface area contributed by atoms with Gasteiger partial charge in [0.25, 0.3) is 0 Å². The Morgan fingerprint density at radius 1 is 0.833 bits per heavy atom. The Morgan fingerprint density at radius 2 is 1.53 bits per heavy atom. The molecule has 0 atom stereocenters. The first-order chi connectivity index (χ1) is 14.8. The number of hydrogen-bond donors (Lipinski definition) is 1. The number of nitrogens with zero attached hydrogens (tertiary/aromatic N) is 1. The molecule has 0 spiro atoms. The molecule has 1 N–H and O–H groups in total. The van der Waals surface area contributed by atoms with E-state index in [0.717, 1.165) is 17.7 Å². The molecule has 3 aromatic rings. The molecule has 0 unspecified atom stereocenters. The number of furan rings is 1. The van der Waals surface area contributed by atoms with E-state index in [1.54, 1.807) is 17.4 Å². The predicted octanol–water partition coefficient (Wildman–Crippen LogP) is 3.93. The van der Waals surface area contributed by atoms with Crippen molar-refractivity contribution in [3.8, 4) is 11.1 Å². The summed E-state index contributed by atoms with van der Waals surface area (Å²) in [5, 5.41) is 0. The van der Waals surface area contributed by atoms with Crippen LogP contribution in [0.3, 0.4) is 0 Å². The average Bonchev–Trinajstić information content (AvgIpc) is 3.32. The summed E-state index contributed by atoms with van der Waals surface area (Å²) in [5.74, 6) is 0.224. The van der Waals surface area contributed by atoms with E-state index in [9.17, 15) is 4.79 Å². The van der Waals surface area contributed by atoms with Crippen molar-refractivity contribution in [3.63, 3.8) is 0 Å². The maximum atomic E-state index is 13.1. The van der Waals surface area contributed by atoms with Gasteiger partial charge in [0, 0.05) is 18.7 Å². The molecular formula is C26H31N2O2+. The molecular weight excluding hydrogens is 372 g/mol. The summed E-state index contributed by atoms with van der Waals surface area (Å²) in [6, 6.07) is 20.9. The van der Waals surface area contributed by atoms with E-state index in [0.29, 0.717) is 19.5 Å². The summed E-state index contributed by atoms with van der Waals surface area (Å²) in [5.41, 5.74) is 4.59. The number of benzene rings is 2. The zero-order chi connectivity index (χ0) is 20.6. The first-order valence-corrected chi connectivity index (χ1v) is 11.0. The fourth-order valence-electron chi connectivity index (χ4n) is 4.23. The zero-order valence-electron chi connectivity index (χ0n) is 17.6. The third-order valence-electron chi connectivity index (χ3n) is 5.99. The van der Waals surface area contributed by atoms with Crippen molar-refractivity contribution in [1.82, 2.24) is 4.90 Å². The lowest BCUT2D eigenvalue weighted by Gasteiger charge is -2.26. The van der Waals surface area contributed by atoms with Gasteiger partial charge in [0.05, 0.1) is 38.6 Å². The van der Waals surface area contributed by atoms with Crippen molar-refractivity contribution in [1.29, 1.82) is 0 Å². The van der Waals surface area contributed by atoms with Crippen molar-refractivity contribution in [2.45, 2.75) is 38.8 Å². The lowest BCUT2D eigenvalue weighted by Crippen LogP contribution is -3.12. The molecule has 4 nitrogen and oxygen atoms in total. The fourth-order valence-corrected chi connectivity index (χ4v) is 4.23. The van der Waals surface area contributed by atoms with E-state index in [-0.39, 0.29) is 5.91 Å². The van der Waals surface area contributed by atoms with Gasteiger partial charge >= 0.3 is 0 Å². The zero-order valence-corrected chi connectivity index (χ0v) is 17.6. The number of amides is 1. The summed E-state index contributed by atoms with van der Waals surface area (Å²) >= 11 is 0. The van der Waals surface area contributed by atoms with Crippen molar-refractivity contribution in [3.05, 3.63) is 84.3 Å². The highest BCUT2D eigenvalue weighted by molar-refractivity contribution is 5.76. The maximum Gasteiger partial charge on any atom is 0.228 e. The van der Waals surface area contributed by atoms with Gasteiger partial charge in [-0.05, 0) is 42.0 Å². The molecule has 30 heavy (non-hydrogen) atoms. The molecule has 156 valence electrons. The minimum atomic E-state index is 0.224. The molecule has 0 bridgehead atoms. The monoisotopic (exact) mass is 403 g/mol. The highest BCUT2D eigenvalue weighted by Crippen LogP contribution is 2.20. The summed E-state index contributed by atoms with van der Waals surface area (Å²) in [7, 11) is 0. The molecule has 0 radical (unpaired) electrons. The third-order valence-corrected chi connectivity index (χ3v) is 5.99. The summed E-state index contributed by atoms with van der Waals surface area (Å²) < 4.78 is 5.22. The van der Waals surface area contributed by atoms with E-state index in [2.05, 4.69) is 48.5 Å². The molecule has 0 aliphatic carbocycles. The Kier molecular flexibility index (Phi) is 6.99. The Hall–Kier alpha value is -2.85. The second kappa shape index (κ2) is 10.3. The Bertz CT molecular complexity index is 898. The highest BCUT2D eigenvalue weighted by atomic mass is 16.3. The minimum absolute atomic E-state index is 0.224. The van der Waals surface area contributed by atoms with Gasteiger partial charge in [-0.2, -0.15) is 0 Å². The summed E-state index contributed by atoms with van der Waals surface area (Å²) in [4.78, 5) is 16.6. The van der Waals surface area contributed by atoms with Crippen LogP contribution in [0.4, 0.5) is 0 Å². The fraction of sp³-hybridized carbons (Fsp3) is 0.346. The van der Waals surface area contributed by atoms with Crippen LogP contribution in [0.5, 0.6) is 0 Å². The van der Waals surface area contributed by atoms with Gasteiger partial charge < -0.3 is 14.2 Å². The van der Waals surface area contributed by atoms with Gasteiger partial charge in [0.2, 0.25) is 5.91 Å². The molecule has 0 saturated carbocycles. The van der Waals surface area contributed by atoms with Crippen LogP contribution in [0.25, 0.3) is 11.1 Å². The second-order valence-electron chi connectivity index (χ2n) is 8.26. The Morgan fingerprint density at radius 3 is 2.23 bits per heavy atom. The lowest BCUT2D eigenvalue weighted by atomic mass is 10.0. The van der Waals surface area contributed by atoms with Crippen molar-refractivity contribution in [2.75, 3.05) is 19.6 Å². The van der Waals surface area contributed by atoms with Gasteiger partial charge in [0.1, 0.15) is 0 Å². The molecule has 1 fully saturated rings. The Balaban J connectivity index is 1.42. The van der Waals surface area contributed by atoms with Gasteiger partial charge in [-0.1, -0.05) is 54.6 Å². The van der Waals surface area contributed by atoms with Crippen LogP contribution in [0, 0.1) is 0 Å². The van der Waals surface area contributed by atoms with Gasteiger partial charge in [-0.25, -0.2) is 0 Å². The van der Waals surface area contributed by atoms with E-state index in [1.165, 1.54) is 43.5 Å². The van der Waals surface area contributed by atoms with Crippen LogP contribution >= 0.6 is 0 Å². The molecule has 1 saturated heterocycles. The molecule has 4 rings (SSSR count). The molecule has 2 aromatic carbocycles. The van der Waals surface area contributed by atoms with Crippen molar-refractivity contribution < 1.29 is 14.1 Å². The largest absolute Gasteiger partial charge is 0.472 e. The van der Waals surface area contributed by atoms with Crippen LogP contribution in [0.15, 0.2) is 77.6 Å². The first kappa shape index (κ1) is 20.4. The van der Waals surface area contributed by atoms with E-state index in [4.69, 9.17) is 4.42 Å². The van der Waals surface area contributed by atoms with Crippen LogP contribution in [-0.4, -0.2) is 30.4 Å². The molecule has 1 aromatic heterocycles. The van der Waals surface area contributed by atoms with Gasteiger partial charge in [-0.15, -0.1) is 0 Å². The lowest BCUT2D eigenvalue weighted by molar-refractivity contribution is -0.904. The standard InChI is InChI=1S/C26H30N2O2/c29-26(13-17-27-15-5-2-6-16-27)28(20-23-14-18-30-21-23)19-22-9-11-25(12-10-22)24-7-3-1-4-8-24/h1,3-4,7-12,14,18,21H,2,5-6,13,15-17,19-20H2/p+1. The number of rotatable bonds is 8. The third kappa shape index (κ3) is 5.61. The number of quaternary nitrogens is 1. The molecule has 1 aliphatic heterocycles. The van der Waals surface area contributed by atoms with Crippen molar-refractivity contribution >= 4 is 5.91 Å². The maximum absolute atomic E-state index is 13.1. The van der Waals surface area contributed by atoms with Gasteiger partial charge in [-0.3, -0.25) is 4.79 Å². The van der Waals surface area contributed by atoms with E-state index in [1.807, 2.05) is 17.0 Å². The summed E-state index contributed by atoms with van der Waals surface area (Å²) in [6.07, 6.45) is 7.92. The topological polar surface area (TPSA) is 37.9 Å². The smallest absolute Gasteiger partial charge is 0.228 e. The molecule has 4 heteroatoms. The van der Waals surface area contributed by atoms with Crippen LogP contribution in [-0.2, 0) is 17.9 Å². The minimum Gasteiger partial charge on any atom is -0.472 e. The second-order valence-corrected chi connectivity index (χ2v) is 8.26.